The lowest BCUT2D eigenvalue weighted by molar-refractivity contribution is -0.136. The maximum absolute atomic E-state index is 13.2. The predicted molar refractivity (Wildman–Crippen MR) is 203 cm³/mol. The zero-order valence-corrected chi connectivity index (χ0v) is 32.4. The van der Waals surface area contributed by atoms with Crippen molar-refractivity contribution >= 4 is 5.91 Å². The zero-order chi connectivity index (χ0) is 35.2. The third-order valence-electron chi connectivity index (χ3n) is 9.52. The highest BCUT2D eigenvalue weighted by atomic mass is 16.5. The number of hydrogen-bond acceptors (Lipinski definition) is 6. The summed E-state index contributed by atoms with van der Waals surface area (Å²) in [6.07, 6.45) is 34.5. The Kier molecular flexibility index (Phi) is 38.5. The van der Waals surface area contributed by atoms with Crippen LogP contribution in [0.15, 0.2) is 0 Å². The van der Waals surface area contributed by atoms with Crippen LogP contribution in [0, 0.1) is 0 Å². The molecule has 0 aromatic heterocycles. The van der Waals surface area contributed by atoms with Gasteiger partial charge in [0, 0.05) is 33.2 Å². The first-order chi connectivity index (χ1) is 23.6. The number of carbonyl (C=O) groups is 1. The van der Waals surface area contributed by atoms with Crippen molar-refractivity contribution in [3.8, 4) is 0 Å². The van der Waals surface area contributed by atoms with E-state index >= 15 is 0 Å². The van der Waals surface area contributed by atoms with Crippen LogP contribution in [0.5, 0.6) is 0 Å². The van der Waals surface area contributed by atoms with Crippen molar-refractivity contribution in [3.05, 3.63) is 0 Å². The van der Waals surface area contributed by atoms with Gasteiger partial charge in [-0.05, 0) is 12.8 Å². The van der Waals surface area contributed by atoms with Crippen molar-refractivity contribution in [2.24, 2.45) is 0 Å². The van der Waals surface area contributed by atoms with Crippen LogP contribution in [0.3, 0.4) is 0 Å². The van der Waals surface area contributed by atoms with Crippen LogP contribution in [-0.2, 0) is 19.0 Å². The smallest absolute Gasteiger partial charge is 0.222 e. The molecule has 0 rings (SSSR count). The Bertz CT molecular complexity index is 636. The summed E-state index contributed by atoms with van der Waals surface area (Å²) in [6.45, 7) is 6.64. The van der Waals surface area contributed by atoms with Gasteiger partial charge >= 0.3 is 0 Å². The standard InChI is InChI=1S/C41H83NO6/c1-4-6-8-10-12-14-16-18-20-22-24-26-28-30-33-47-38-40(48-37-39(44)36-43)35-42(32-34-46-3)41(45)31-29-27-25-23-21-19-17-15-13-11-9-7-5-2/h39-40,43-44H,4-38H2,1-3H3. The summed E-state index contributed by atoms with van der Waals surface area (Å²) in [4.78, 5) is 15.0. The van der Waals surface area contributed by atoms with Crippen molar-refractivity contribution in [2.75, 3.05) is 53.2 Å². The summed E-state index contributed by atoms with van der Waals surface area (Å²) < 4.78 is 17.2. The topological polar surface area (TPSA) is 88.5 Å². The number of rotatable bonds is 40. The van der Waals surface area contributed by atoms with E-state index in [1.807, 2.05) is 4.90 Å². The monoisotopic (exact) mass is 686 g/mol. The Balaban J connectivity index is 4.23. The molecule has 0 aliphatic carbocycles. The molecule has 0 heterocycles. The first kappa shape index (κ1) is 47.3. The van der Waals surface area contributed by atoms with Gasteiger partial charge in [0.15, 0.2) is 0 Å². The molecule has 2 atom stereocenters. The molecule has 7 heteroatoms. The van der Waals surface area contributed by atoms with Gasteiger partial charge < -0.3 is 29.3 Å². The normalized spacial score (nSPS) is 12.9. The summed E-state index contributed by atoms with van der Waals surface area (Å²) in [5, 5.41) is 19.1. The summed E-state index contributed by atoms with van der Waals surface area (Å²) >= 11 is 0. The molecule has 0 spiro atoms. The van der Waals surface area contributed by atoms with Gasteiger partial charge in [0.05, 0.1) is 32.5 Å². The van der Waals surface area contributed by atoms with Crippen LogP contribution in [0.1, 0.15) is 194 Å². The molecule has 48 heavy (non-hydrogen) atoms. The fraction of sp³-hybridized carbons (Fsp3) is 0.976. The van der Waals surface area contributed by atoms with Gasteiger partial charge in [-0.1, -0.05) is 174 Å². The van der Waals surface area contributed by atoms with E-state index in [9.17, 15) is 15.0 Å². The summed E-state index contributed by atoms with van der Waals surface area (Å²) in [5.41, 5.74) is 0. The maximum Gasteiger partial charge on any atom is 0.222 e. The first-order valence-corrected chi connectivity index (χ1v) is 20.8. The molecule has 0 bridgehead atoms. The van der Waals surface area contributed by atoms with Gasteiger partial charge in [-0.3, -0.25) is 4.79 Å². The van der Waals surface area contributed by atoms with Crippen LogP contribution in [-0.4, -0.2) is 86.5 Å². The van der Waals surface area contributed by atoms with Gasteiger partial charge in [0.25, 0.3) is 0 Å². The molecule has 0 saturated carbocycles. The average Bonchev–Trinajstić information content (AvgIpc) is 3.10. The molecule has 0 aliphatic heterocycles. The summed E-state index contributed by atoms with van der Waals surface area (Å²) in [6, 6.07) is 0. The molecule has 288 valence electrons. The van der Waals surface area contributed by atoms with Gasteiger partial charge in [0.2, 0.25) is 5.91 Å². The van der Waals surface area contributed by atoms with E-state index < -0.39 is 6.10 Å². The number of aliphatic hydroxyl groups is 2. The minimum Gasteiger partial charge on any atom is -0.394 e. The molecule has 2 N–H and O–H groups in total. The third kappa shape index (κ3) is 33.8. The van der Waals surface area contributed by atoms with Gasteiger partial charge in [-0.2, -0.15) is 0 Å². The van der Waals surface area contributed by atoms with Crippen LogP contribution < -0.4 is 0 Å². The van der Waals surface area contributed by atoms with Crippen molar-refractivity contribution in [3.63, 3.8) is 0 Å². The van der Waals surface area contributed by atoms with Crippen LogP contribution in [0.2, 0.25) is 0 Å². The minimum atomic E-state index is -0.938. The quantitative estimate of drug-likeness (QED) is 0.0624. The van der Waals surface area contributed by atoms with Gasteiger partial charge in [-0.15, -0.1) is 0 Å². The van der Waals surface area contributed by atoms with E-state index in [1.165, 1.54) is 154 Å². The lowest BCUT2D eigenvalue weighted by Crippen LogP contribution is -2.43. The largest absolute Gasteiger partial charge is 0.394 e. The Labute approximate surface area is 298 Å². The van der Waals surface area contributed by atoms with Crippen molar-refractivity contribution in [2.45, 2.75) is 206 Å². The van der Waals surface area contributed by atoms with E-state index in [0.29, 0.717) is 39.3 Å². The summed E-state index contributed by atoms with van der Waals surface area (Å²) in [5.74, 6) is 0.124. The molecule has 0 aliphatic rings. The minimum absolute atomic E-state index is 0.0224. The van der Waals surface area contributed by atoms with Gasteiger partial charge in [-0.25, -0.2) is 0 Å². The Morgan fingerprint density at radius 1 is 0.583 bits per heavy atom. The third-order valence-corrected chi connectivity index (χ3v) is 9.52. The molecule has 0 fully saturated rings. The van der Waals surface area contributed by atoms with E-state index in [2.05, 4.69) is 13.8 Å². The van der Waals surface area contributed by atoms with E-state index in [4.69, 9.17) is 14.2 Å². The molecule has 0 radical (unpaired) electrons. The molecular weight excluding hydrogens is 602 g/mol. The van der Waals surface area contributed by atoms with Crippen molar-refractivity contribution in [1.29, 1.82) is 0 Å². The lowest BCUT2D eigenvalue weighted by atomic mass is 10.0. The second-order valence-corrected chi connectivity index (χ2v) is 14.3. The SMILES string of the molecule is CCCCCCCCCCCCCCCCOCC(CN(CCOC)C(=O)CCCCCCCCCCCCCCC)OCC(O)CO. The second-order valence-electron chi connectivity index (χ2n) is 14.3. The molecule has 2 unspecified atom stereocenters. The highest BCUT2D eigenvalue weighted by Gasteiger charge is 2.21. The number of ether oxygens (including phenoxy) is 3. The number of carbonyl (C=O) groups excluding carboxylic acids is 1. The second kappa shape index (κ2) is 39.1. The lowest BCUT2D eigenvalue weighted by Gasteiger charge is -2.28. The van der Waals surface area contributed by atoms with Crippen LogP contribution in [0.4, 0.5) is 0 Å². The number of hydrogen-bond donors (Lipinski definition) is 2. The fourth-order valence-corrected chi connectivity index (χ4v) is 6.28. The van der Waals surface area contributed by atoms with E-state index in [-0.39, 0.29) is 25.2 Å². The molecular formula is C41H83NO6. The van der Waals surface area contributed by atoms with Crippen LogP contribution in [0.25, 0.3) is 0 Å². The van der Waals surface area contributed by atoms with Crippen molar-refractivity contribution < 1.29 is 29.2 Å². The maximum atomic E-state index is 13.2. The number of methoxy groups -OCH3 is 1. The average molecular weight is 686 g/mol. The predicted octanol–water partition coefficient (Wildman–Crippen LogP) is 10.2. The van der Waals surface area contributed by atoms with E-state index in [1.54, 1.807) is 7.11 Å². The Morgan fingerprint density at radius 3 is 1.42 bits per heavy atom. The molecule has 7 nitrogen and oxygen atoms in total. The van der Waals surface area contributed by atoms with E-state index in [0.717, 1.165) is 19.3 Å². The highest BCUT2D eigenvalue weighted by molar-refractivity contribution is 5.76. The summed E-state index contributed by atoms with van der Waals surface area (Å²) in [7, 11) is 1.65. The molecule has 0 aromatic rings. The first-order valence-electron chi connectivity index (χ1n) is 20.8. The van der Waals surface area contributed by atoms with Crippen molar-refractivity contribution in [1.82, 2.24) is 4.90 Å². The molecule has 1 amide bonds. The van der Waals surface area contributed by atoms with Gasteiger partial charge in [0.1, 0.15) is 6.10 Å². The highest BCUT2D eigenvalue weighted by Crippen LogP contribution is 2.15. The number of amides is 1. The molecule has 0 saturated heterocycles. The fourth-order valence-electron chi connectivity index (χ4n) is 6.28. The number of unbranched alkanes of at least 4 members (excludes halogenated alkanes) is 25. The Hall–Kier alpha value is -0.730. The molecule has 0 aromatic carbocycles. The number of nitrogens with zero attached hydrogens (tertiary/aromatic N) is 1. The zero-order valence-electron chi connectivity index (χ0n) is 32.4. The van der Waals surface area contributed by atoms with Crippen LogP contribution >= 0.6 is 0 Å². The number of aliphatic hydroxyl groups excluding tert-OH is 2. The Morgan fingerprint density at radius 2 is 1.00 bits per heavy atom.